The molecule has 0 saturated heterocycles. The molecule has 0 spiro atoms. The highest BCUT2D eigenvalue weighted by molar-refractivity contribution is 5.93. The maximum absolute atomic E-state index is 13.5. The van der Waals surface area contributed by atoms with E-state index in [1.54, 1.807) is 24.3 Å². The fourth-order valence-electron chi connectivity index (χ4n) is 4.02. The summed E-state index contributed by atoms with van der Waals surface area (Å²) in [5.41, 5.74) is 0.750. The van der Waals surface area contributed by atoms with Crippen molar-refractivity contribution >= 4 is 33.7 Å². The van der Waals surface area contributed by atoms with E-state index in [1.807, 2.05) is 36.4 Å². The van der Waals surface area contributed by atoms with E-state index in [4.69, 9.17) is 4.42 Å². The third-order valence-electron chi connectivity index (χ3n) is 5.89. The van der Waals surface area contributed by atoms with Crippen LogP contribution in [-0.4, -0.2) is 27.1 Å². The van der Waals surface area contributed by atoms with Crippen LogP contribution in [0.1, 0.15) is 27.0 Å². The summed E-state index contributed by atoms with van der Waals surface area (Å²) in [6.07, 6.45) is 1.35. The number of nitrogens with zero attached hydrogens (tertiary/aromatic N) is 1. The van der Waals surface area contributed by atoms with Gasteiger partial charge in [0.25, 0.3) is 5.91 Å². The predicted octanol–water partition coefficient (Wildman–Crippen LogP) is 4.23. The van der Waals surface area contributed by atoms with Crippen LogP contribution in [0.25, 0.3) is 21.9 Å². The SMILES string of the molecule is O=C(O)c1ccc(C(O)(C(=O)NCc2ccc3ocnc3c2)c2ccc3ccccc3c2)cc1. The zero-order chi connectivity index (χ0) is 23.7. The molecule has 0 fully saturated rings. The third kappa shape index (κ3) is 3.78. The molecule has 0 saturated carbocycles. The van der Waals surface area contributed by atoms with Gasteiger partial charge in [0.15, 0.2) is 17.6 Å². The predicted molar refractivity (Wildman–Crippen MR) is 126 cm³/mol. The number of hydrogen-bond donors (Lipinski definition) is 3. The molecule has 1 heterocycles. The molecule has 7 nitrogen and oxygen atoms in total. The van der Waals surface area contributed by atoms with Crippen LogP contribution in [0, 0.1) is 0 Å². The third-order valence-corrected chi connectivity index (χ3v) is 5.89. The number of carbonyl (C=O) groups excluding carboxylic acids is 1. The summed E-state index contributed by atoms with van der Waals surface area (Å²) in [5.74, 6) is -1.72. The Morgan fingerprint density at radius 1 is 0.882 bits per heavy atom. The Labute approximate surface area is 194 Å². The number of carboxylic acid groups (broad SMARTS) is 1. The first kappa shape index (κ1) is 21.4. The number of amides is 1. The molecule has 3 N–H and O–H groups in total. The van der Waals surface area contributed by atoms with Gasteiger partial charge in [-0.15, -0.1) is 0 Å². The molecule has 0 aliphatic heterocycles. The van der Waals surface area contributed by atoms with E-state index < -0.39 is 17.5 Å². The smallest absolute Gasteiger partial charge is 0.335 e. The molecule has 4 aromatic carbocycles. The summed E-state index contributed by atoms with van der Waals surface area (Å²) in [6.45, 7) is 0.157. The molecule has 34 heavy (non-hydrogen) atoms. The first-order chi connectivity index (χ1) is 16.4. The maximum Gasteiger partial charge on any atom is 0.335 e. The van der Waals surface area contributed by atoms with Gasteiger partial charge in [0.2, 0.25) is 0 Å². The second kappa shape index (κ2) is 8.46. The molecule has 1 atom stereocenters. The van der Waals surface area contributed by atoms with Crippen LogP contribution in [0.3, 0.4) is 0 Å². The van der Waals surface area contributed by atoms with Crippen molar-refractivity contribution in [3.05, 3.63) is 114 Å². The van der Waals surface area contributed by atoms with Crippen LogP contribution < -0.4 is 5.32 Å². The minimum Gasteiger partial charge on any atom is -0.478 e. The second-order valence-electron chi connectivity index (χ2n) is 7.99. The van der Waals surface area contributed by atoms with Gasteiger partial charge in [-0.1, -0.05) is 54.6 Å². The first-order valence-corrected chi connectivity index (χ1v) is 10.6. The monoisotopic (exact) mass is 452 g/mol. The Morgan fingerprint density at radius 3 is 2.38 bits per heavy atom. The van der Waals surface area contributed by atoms with Crippen molar-refractivity contribution in [3.8, 4) is 0 Å². The zero-order valence-corrected chi connectivity index (χ0v) is 17.9. The van der Waals surface area contributed by atoms with E-state index in [-0.39, 0.29) is 17.7 Å². The van der Waals surface area contributed by atoms with Crippen LogP contribution in [0.2, 0.25) is 0 Å². The number of aromatic carboxylic acids is 1. The molecular weight excluding hydrogens is 432 g/mol. The van der Waals surface area contributed by atoms with Crippen molar-refractivity contribution < 1.29 is 24.2 Å². The van der Waals surface area contributed by atoms with Gasteiger partial charge < -0.3 is 19.9 Å². The minimum absolute atomic E-state index is 0.0611. The number of oxazole rings is 1. The number of fused-ring (bicyclic) bond motifs is 2. The van der Waals surface area contributed by atoms with E-state index in [0.29, 0.717) is 16.7 Å². The van der Waals surface area contributed by atoms with Gasteiger partial charge >= 0.3 is 5.97 Å². The van der Waals surface area contributed by atoms with E-state index in [9.17, 15) is 19.8 Å². The highest BCUT2D eigenvalue weighted by atomic mass is 16.4. The molecule has 1 unspecified atom stereocenters. The number of rotatable bonds is 6. The molecule has 7 heteroatoms. The van der Waals surface area contributed by atoms with Crippen molar-refractivity contribution in [2.24, 2.45) is 0 Å². The van der Waals surface area contributed by atoms with Crippen LogP contribution in [0.5, 0.6) is 0 Å². The van der Waals surface area contributed by atoms with Gasteiger partial charge in [-0.2, -0.15) is 0 Å². The lowest BCUT2D eigenvalue weighted by Gasteiger charge is -2.28. The molecule has 0 bridgehead atoms. The lowest BCUT2D eigenvalue weighted by atomic mass is 9.84. The fourth-order valence-corrected chi connectivity index (χ4v) is 4.02. The van der Waals surface area contributed by atoms with Crippen LogP contribution in [-0.2, 0) is 16.9 Å². The number of benzene rings is 4. The van der Waals surface area contributed by atoms with E-state index in [0.717, 1.165) is 16.3 Å². The molecule has 168 valence electrons. The van der Waals surface area contributed by atoms with Crippen LogP contribution in [0.4, 0.5) is 0 Å². The Hall–Kier alpha value is -4.49. The quantitative estimate of drug-likeness (QED) is 0.355. The molecule has 5 rings (SSSR count). The number of carbonyl (C=O) groups is 2. The molecular formula is C27H20N2O5. The minimum atomic E-state index is -2.04. The highest BCUT2D eigenvalue weighted by Crippen LogP contribution is 2.32. The second-order valence-corrected chi connectivity index (χ2v) is 7.99. The van der Waals surface area contributed by atoms with Gasteiger partial charge in [-0.25, -0.2) is 9.78 Å². The molecule has 0 aliphatic carbocycles. The normalized spacial score (nSPS) is 13.0. The zero-order valence-electron chi connectivity index (χ0n) is 17.9. The van der Waals surface area contributed by atoms with Gasteiger partial charge in [-0.3, -0.25) is 4.79 Å². The van der Waals surface area contributed by atoms with Crippen molar-refractivity contribution in [2.75, 3.05) is 0 Å². The maximum atomic E-state index is 13.5. The average molecular weight is 452 g/mol. The van der Waals surface area contributed by atoms with E-state index in [2.05, 4.69) is 10.3 Å². The Bertz CT molecular complexity index is 1520. The molecule has 0 aliphatic rings. The molecule has 1 aromatic heterocycles. The molecule has 0 radical (unpaired) electrons. The molecule has 1 amide bonds. The average Bonchev–Trinajstić information content (AvgIpc) is 3.34. The summed E-state index contributed by atoms with van der Waals surface area (Å²) >= 11 is 0. The lowest BCUT2D eigenvalue weighted by Crippen LogP contribution is -2.45. The van der Waals surface area contributed by atoms with Crippen LogP contribution >= 0.6 is 0 Å². The Kier molecular flexibility index (Phi) is 5.31. The van der Waals surface area contributed by atoms with E-state index >= 15 is 0 Å². The fraction of sp³-hybridized carbons (Fsp3) is 0.0741. The van der Waals surface area contributed by atoms with Gasteiger partial charge in [0, 0.05) is 6.54 Å². The standard InChI is InChI=1S/C27H20N2O5/c30-25(31)19-7-9-21(10-8-19)27(33,22-11-6-18-3-1-2-4-20(18)14-22)26(32)28-15-17-5-12-24-23(13-17)29-16-34-24/h1-14,16,33H,15H2,(H,28,32)(H,30,31). The molecule has 5 aromatic rings. The van der Waals surface area contributed by atoms with Gasteiger partial charge in [0.05, 0.1) is 5.56 Å². The number of aliphatic hydroxyl groups is 1. The van der Waals surface area contributed by atoms with Crippen molar-refractivity contribution in [2.45, 2.75) is 12.1 Å². The number of nitrogens with one attached hydrogen (secondary N) is 1. The topological polar surface area (TPSA) is 113 Å². The highest BCUT2D eigenvalue weighted by Gasteiger charge is 2.40. The first-order valence-electron chi connectivity index (χ1n) is 10.6. The summed E-state index contributed by atoms with van der Waals surface area (Å²) in [4.78, 5) is 28.9. The summed E-state index contributed by atoms with van der Waals surface area (Å²) in [7, 11) is 0. The van der Waals surface area contributed by atoms with Crippen LogP contribution in [0.15, 0.2) is 95.7 Å². The summed E-state index contributed by atoms with van der Waals surface area (Å²) in [5, 5.41) is 25.7. The lowest BCUT2D eigenvalue weighted by molar-refractivity contribution is -0.136. The summed E-state index contributed by atoms with van der Waals surface area (Å²) < 4.78 is 5.25. The Morgan fingerprint density at radius 2 is 1.62 bits per heavy atom. The van der Waals surface area contributed by atoms with Crippen molar-refractivity contribution in [1.82, 2.24) is 10.3 Å². The summed E-state index contributed by atoms with van der Waals surface area (Å²) in [6, 6.07) is 24.0. The van der Waals surface area contributed by atoms with Crippen molar-refractivity contribution in [1.29, 1.82) is 0 Å². The van der Waals surface area contributed by atoms with E-state index in [1.165, 1.54) is 30.7 Å². The number of aromatic nitrogens is 1. The van der Waals surface area contributed by atoms with Crippen molar-refractivity contribution in [3.63, 3.8) is 0 Å². The number of hydrogen-bond acceptors (Lipinski definition) is 5. The van der Waals surface area contributed by atoms with Gasteiger partial charge in [0.1, 0.15) is 5.52 Å². The Balaban J connectivity index is 1.52. The largest absolute Gasteiger partial charge is 0.478 e. The number of carboxylic acids is 1. The van der Waals surface area contributed by atoms with Gasteiger partial charge in [-0.05, 0) is 57.8 Å².